The second-order valence-corrected chi connectivity index (χ2v) is 3.43. The van der Waals surface area contributed by atoms with Crippen molar-refractivity contribution in [1.82, 2.24) is 0 Å². The molecule has 0 bridgehead atoms. The molecule has 0 saturated carbocycles. The van der Waals surface area contributed by atoms with Crippen molar-refractivity contribution in [3.63, 3.8) is 0 Å². The average molecular weight is 253 g/mol. The van der Waals surface area contributed by atoms with Gasteiger partial charge in [-0.2, -0.15) is 13.2 Å². The van der Waals surface area contributed by atoms with Crippen molar-refractivity contribution in [2.75, 3.05) is 6.61 Å². The van der Waals surface area contributed by atoms with Crippen LogP contribution in [0, 0.1) is 0 Å². The van der Waals surface area contributed by atoms with E-state index in [-0.39, 0.29) is 10.8 Å². The topological polar surface area (TPSA) is 26.3 Å². The molecule has 0 aliphatic heterocycles. The predicted molar refractivity (Wildman–Crippen MR) is 53.0 cm³/mol. The first kappa shape index (κ1) is 12.8. The molecule has 1 rings (SSSR count). The normalized spacial score (nSPS) is 11.2. The Kier molecular flexibility index (Phi) is 4.18. The van der Waals surface area contributed by atoms with Gasteiger partial charge in [-0.05, 0) is 18.2 Å². The highest BCUT2D eigenvalue weighted by Crippen LogP contribution is 2.26. The van der Waals surface area contributed by atoms with Crippen LogP contribution in [0.2, 0.25) is 5.02 Å². The van der Waals surface area contributed by atoms with Crippen molar-refractivity contribution in [2.45, 2.75) is 12.6 Å². The van der Waals surface area contributed by atoms with Gasteiger partial charge in [-0.1, -0.05) is 11.6 Å². The number of halogens is 4. The number of carbonyl (C=O) groups excluding carboxylic acids is 1. The summed E-state index contributed by atoms with van der Waals surface area (Å²) in [6.45, 7) is -0.496. The summed E-state index contributed by atoms with van der Waals surface area (Å²) in [4.78, 5) is 10.4. The number of ether oxygens (including phenoxy) is 1. The van der Waals surface area contributed by atoms with Crippen molar-refractivity contribution in [2.24, 2.45) is 0 Å². The lowest BCUT2D eigenvalue weighted by atomic mass is 10.2. The fourth-order valence-corrected chi connectivity index (χ4v) is 1.23. The van der Waals surface area contributed by atoms with Gasteiger partial charge in [0.1, 0.15) is 12.0 Å². The zero-order valence-corrected chi connectivity index (χ0v) is 8.81. The Labute approximate surface area is 95.0 Å². The third kappa shape index (κ3) is 4.10. The molecule has 0 radical (unpaired) electrons. The van der Waals surface area contributed by atoms with E-state index in [2.05, 4.69) is 0 Å². The zero-order chi connectivity index (χ0) is 12.2. The van der Waals surface area contributed by atoms with Crippen molar-refractivity contribution >= 4 is 17.9 Å². The number of carbonyl (C=O) groups is 1. The Morgan fingerprint density at radius 3 is 2.56 bits per heavy atom. The minimum absolute atomic E-state index is 0.117. The average Bonchev–Trinajstić information content (AvgIpc) is 2.18. The molecule has 0 N–H and O–H groups in total. The molecule has 0 spiro atoms. The van der Waals surface area contributed by atoms with Gasteiger partial charge in [0.15, 0.2) is 0 Å². The maximum Gasteiger partial charge on any atom is 0.392 e. The van der Waals surface area contributed by atoms with Crippen molar-refractivity contribution < 1.29 is 22.7 Å². The number of aldehydes is 1. The highest BCUT2D eigenvalue weighted by Gasteiger charge is 2.26. The molecule has 0 heterocycles. The van der Waals surface area contributed by atoms with E-state index >= 15 is 0 Å². The van der Waals surface area contributed by atoms with Crippen LogP contribution in [-0.4, -0.2) is 19.1 Å². The third-order valence-electron chi connectivity index (χ3n) is 1.74. The summed E-state index contributed by atoms with van der Waals surface area (Å²) in [5.41, 5.74) is 0.341. The molecule has 0 aliphatic carbocycles. The van der Waals surface area contributed by atoms with Gasteiger partial charge in [-0.25, -0.2) is 0 Å². The van der Waals surface area contributed by atoms with Gasteiger partial charge in [-0.15, -0.1) is 0 Å². The molecule has 1 aromatic rings. The van der Waals surface area contributed by atoms with Gasteiger partial charge in [0.25, 0.3) is 0 Å². The molecule has 0 atom stereocenters. The Morgan fingerprint density at radius 1 is 1.38 bits per heavy atom. The lowest BCUT2D eigenvalue weighted by Gasteiger charge is -2.09. The van der Waals surface area contributed by atoms with Gasteiger partial charge < -0.3 is 4.74 Å². The minimum atomic E-state index is -4.25. The number of hydrogen-bond acceptors (Lipinski definition) is 2. The summed E-state index contributed by atoms with van der Waals surface area (Å²) in [7, 11) is 0. The van der Waals surface area contributed by atoms with Crippen LogP contribution >= 0.6 is 11.6 Å². The van der Waals surface area contributed by atoms with E-state index in [1.54, 1.807) is 0 Å². The SMILES string of the molecule is O=Cc1ccc(OCCC(F)(F)F)c(Cl)c1. The number of benzene rings is 1. The second-order valence-electron chi connectivity index (χ2n) is 3.02. The fraction of sp³-hybridized carbons (Fsp3) is 0.300. The first-order chi connectivity index (χ1) is 7.42. The van der Waals surface area contributed by atoms with Crippen LogP contribution in [0.3, 0.4) is 0 Å². The molecule has 6 heteroatoms. The van der Waals surface area contributed by atoms with Crippen molar-refractivity contribution in [1.29, 1.82) is 0 Å². The third-order valence-corrected chi connectivity index (χ3v) is 2.03. The Morgan fingerprint density at radius 2 is 2.06 bits per heavy atom. The number of hydrogen-bond donors (Lipinski definition) is 0. The Hall–Kier alpha value is -1.23. The Balaban J connectivity index is 2.58. The summed E-state index contributed by atoms with van der Waals surface area (Å²) >= 11 is 5.69. The van der Waals surface area contributed by atoms with E-state index in [1.807, 2.05) is 0 Å². The highest BCUT2D eigenvalue weighted by molar-refractivity contribution is 6.32. The number of rotatable bonds is 4. The van der Waals surface area contributed by atoms with E-state index < -0.39 is 19.2 Å². The van der Waals surface area contributed by atoms with E-state index in [9.17, 15) is 18.0 Å². The number of alkyl halides is 3. The smallest absolute Gasteiger partial charge is 0.392 e. The maximum absolute atomic E-state index is 11.8. The van der Waals surface area contributed by atoms with Gasteiger partial charge in [0.2, 0.25) is 0 Å². The van der Waals surface area contributed by atoms with Crippen LogP contribution in [0.15, 0.2) is 18.2 Å². The van der Waals surface area contributed by atoms with Crippen molar-refractivity contribution in [3.8, 4) is 5.75 Å². The van der Waals surface area contributed by atoms with Crippen LogP contribution in [0.1, 0.15) is 16.8 Å². The van der Waals surface area contributed by atoms with Gasteiger partial charge in [-0.3, -0.25) is 4.79 Å². The Bertz CT molecular complexity index is 377. The van der Waals surface area contributed by atoms with Gasteiger partial charge >= 0.3 is 6.18 Å². The van der Waals surface area contributed by atoms with Crippen LogP contribution < -0.4 is 4.74 Å². The highest BCUT2D eigenvalue weighted by atomic mass is 35.5. The fourth-order valence-electron chi connectivity index (χ4n) is 0.984. The molecule has 88 valence electrons. The standard InChI is InChI=1S/C10H8ClF3O2/c11-8-5-7(6-15)1-2-9(8)16-4-3-10(12,13)14/h1-2,5-6H,3-4H2. The molecular formula is C10H8ClF3O2. The quantitative estimate of drug-likeness (QED) is 0.767. The summed E-state index contributed by atoms with van der Waals surface area (Å²) < 4.78 is 40.3. The minimum Gasteiger partial charge on any atom is -0.492 e. The van der Waals surface area contributed by atoms with E-state index in [1.165, 1.54) is 18.2 Å². The lowest BCUT2D eigenvalue weighted by molar-refractivity contribution is -0.139. The molecule has 2 nitrogen and oxygen atoms in total. The van der Waals surface area contributed by atoms with Crippen LogP contribution in [-0.2, 0) is 0 Å². The van der Waals surface area contributed by atoms with Crippen LogP contribution in [0.5, 0.6) is 5.75 Å². The summed E-state index contributed by atoms with van der Waals surface area (Å²) in [5, 5.41) is 0.117. The first-order valence-electron chi connectivity index (χ1n) is 4.36. The van der Waals surface area contributed by atoms with Gasteiger partial charge in [0.05, 0.1) is 18.1 Å². The molecule has 1 aromatic carbocycles. The van der Waals surface area contributed by atoms with Gasteiger partial charge in [0, 0.05) is 5.56 Å². The molecule has 0 aromatic heterocycles. The molecule has 16 heavy (non-hydrogen) atoms. The summed E-state index contributed by atoms with van der Waals surface area (Å²) in [6.07, 6.45) is -4.71. The zero-order valence-electron chi connectivity index (χ0n) is 8.05. The second kappa shape index (κ2) is 5.21. The van der Waals surface area contributed by atoms with Crippen molar-refractivity contribution in [3.05, 3.63) is 28.8 Å². The maximum atomic E-state index is 11.8. The largest absolute Gasteiger partial charge is 0.492 e. The first-order valence-corrected chi connectivity index (χ1v) is 4.74. The van der Waals surface area contributed by atoms with Crippen LogP contribution in [0.4, 0.5) is 13.2 Å². The van der Waals surface area contributed by atoms with Crippen LogP contribution in [0.25, 0.3) is 0 Å². The van der Waals surface area contributed by atoms with E-state index in [4.69, 9.17) is 16.3 Å². The molecule has 0 aliphatic rings. The molecular weight excluding hydrogens is 245 g/mol. The predicted octanol–water partition coefficient (Wildman–Crippen LogP) is 3.48. The van der Waals surface area contributed by atoms with E-state index in [0.717, 1.165) is 0 Å². The molecule has 0 unspecified atom stereocenters. The summed E-state index contributed by atoms with van der Waals surface area (Å²) in [6, 6.07) is 4.11. The lowest BCUT2D eigenvalue weighted by Crippen LogP contribution is -2.13. The monoisotopic (exact) mass is 252 g/mol. The summed E-state index contributed by atoms with van der Waals surface area (Å²) in [5.74, 6) is 0.136. The molecule has 0 amide bonds. The molecule has 0 fully saturated rings. The molecule has 0 saturated heterocycles. The van der Waals surface area contributed by atoms with E-state index in [0.29, 0.717) is 11.8 Å².